The topological polar surface area (TPSA) is 104 Å². The second-order valence-corrected chi connectivity index (χ2v) is 6.34. The molecule has 8 heteroatoms. The number of hydrogen-bond donors (Lipinski definition) is 1. The SMILES string of the molecule is CS(=O)(=O)c1ccccc1COS(N)(=O)=O. The van der Waals surface area contributed by atoms with Gasteiger partial charge in [0.05, 0.1) is 11.5 Å². The van der Waals surface area contributed by atoms with E-state index in [4.69, 9.17) is 0 Å². The average molecular weight is 265 g/mol. The van der Waals surface area contributed by atoms with E-state index < -0.39 is 26.7 Å². The van der Waals surface area contributed by atoms with Crippen molar-refractivity contribution in [3.05, 3.63) is 29.8 Å². The molecule has 0 bridgehead atoms. The lowest BCUT2D eigenvalue weighted by atomic mass is 10.2. The zero-order valence-electron chi connectivity index (χ0n) is 8.45. The fraction of sp³-hybridized carbons (Fsp3) is 0.250. The molecule has 16 heavy (non-hydrogen) atoms. The maximum absolute atomic E-state index is 11.3. The molecule has 0 aliphatic rings. The van der Waals surface area contributed by atoms with Crippen molar-refractivity contribution in [3.63, 3.8) is 0 Å². The molecular formula is C8H11NO5S2. The molecule has 0 spiro atoms. The normalized spacial score (nSPS) is 12.6. The van der Waals surface area contributed by atoms with Crippen LogP contribution in [-0.4, -0.2) is 23.1 Å². The van der Waals surface area contributed by atoms with Crippen LogP contribution >= 0.6 is 0 Å². The fourth-order valence-corrected chi connectivity index (χ4v) is 2.35. The summed E-state index contributed by atoms with van der Waals surface area (Å²) in [6.07, 6.45) is 1.03. The van der Waals surface area contributed by atoms with Crippen LogP contribution in [0.25, 0.3) is 0 Å². The van der Waals surface area contributed by atoms with Crippen LogP contribution in [0.1, 0.15) is 5.56 Å². The van der Waals surface area contributed by atoms with Crippen molar-refractivity contribution in [1.29, 1.82) is 0 Å². The Balaban J connectivity index is 3.06. The molecular weight excluding hydrogens is 254 g/mol. The zero-order chi connectivity index (χ0) is 12.4. The molecule has 0 saturated carbocycles. The Morgan fingerprint density at radius 2 is 1.75 bits per heavy atom. The van der Waals surface area contributed by atoms with E-state index in [9.17, 15) is 16.8 Å². The third kappa shape index (κ3) is 3.89. The lowest BCUT2D eigenvalue weighted by Gasteiger charge is -2.06. The van der Waals surface area contributed by atoms with E-state index in [1.807, 2.05) is 0 Å². The first-order chi connectivity index (χ1) is 7.20. The van der Waals surface area contributed by atoms with Crippen LogP contribution in [0.3, 0.4) is 0 Å². The summed E-state index contributed by atoms with van der Waals surface area (Å²) in [5.41, 5.74) is 0.249. The third-order valence-electron chi connectivity index (χ3n) is 1.75. The van der Waals surface area contributed by atoms with Crippen molar-refractivity contribution in [1.82, 2.24) is 0 Å². The van der Waals surface area contributed by atoms with Crippen molar-refractivity contribution in [2.24, 2.45) is 5.14 Å². The minimum Gasteiger partial charge on any atom is -0.253 e. The first kappa shape index (κ1) is 13.1. The highest BCUT2D eigenvalue weighted by atomic mass is 32.2. The standard InChI is InChI=1S/C8H11NO5S2/c1-15(10,11)8-5-3-2-4-7(8)6-14-16(9,12)13/h2-5H,6H2,1H3,(H2,9,12,13). The molecule has 0 aromatic heterocycles. The van der Waals surface area contributed by atoms with E-state index >= 15 is 0 Å². The summed E-state index contributed by atoms with van der Waals surface area (Å²) in [7, 11) is -7.50. The average Bonchev–Trinajstić information content (AvgIpc) is 2.12. The molecule has 0 fully saturated rings. The van der Waals surface area contributed by atoms with Crippen molar-refractivity contribution in [2.75, 3.05) is 6.26 Å². The van der Waals surface area contributed by atoms with E-state index in [1.165, 1.54) is 18.2 Å². The number of nitrogens with two attached hydrogens (primary N) is 1. The van der Waals surface area contributed by atoms with Gasteiger partial charge in [-0.3, -0.25) is 4.18 Å². The van der Waals surface area contributed by atoms with Gasteiger partial charge < -0.3 is 0 Å². The number of hydrogen-bond acceptors (Lipinski definition) is 5. The monoisotopic (exact) mass is 265 g/mol. The van der Waals surface area contributed by atoms with E-state index in [-0.39, 0.29) is 10.5 Å². The summed E-state index contributed by atoms with van der Waals surface area (Å²) in [5.74, 6) is 0. The summed E-state index contributed by atoms with van der Waals surface area (Å²) >= 11 is 0. The van der Waals surface area contributed by atoms with Crippen LogP contribution in [0.2, 0.25) is 0 Å². The van der Waals surface area contributed by atoms with Gasteiger partial charge in [-0.15, -0.1) is 0 Å². The molecule has 0 saturated heterocycles. The lowest BCUT2D eigenvalue weighted by Crippen LogP contribution is -2.16. The van der Waals surface area contributed by atoms with Crippen molar-refractivity contribution < 1.29 is 21.0 Å². The summed E-state index contributed by atoms with van der Waals surface area (Å²) < 4.78 is 48.2. The van der Waals surface area contributed by atoms with Gasteiger partial charge in [0.25, 0.3) is 0 Å². The number of benzene rings is 1. The van der Waals surface area contributed by atoms with Gasteiger partial charge in [-0.25, -0.2) is 13.6 Å². The van der Waals surface area contributed by atoms with Crippen molar-refractivity contribution in [2.45, 2.75) is 11.5 Å². The predicted octanol–water partition coefficient (Wildman–Crippen LogP) is -0.190. The summed E-state index contributed by atoms with van der Waals surface area (Å²) in [5, 5.41) is 4.64. The van der Waals surface area contributed by atoms with E-state index in [1.54, 1.807) is 6.07 Å². The number of sulfone groups is 1. The molecule has 2 N–H and O–H groups in total. The molecule has 0 unspecified atom stereocenters. The van der Waals surface area contributed by atoms with Crippen LogP contribution in [-0.2, 0) is 30.9 Å². The molecule has 1 rings (SSSR count). The van der Waals surface area contributed by atoms with Crippen LogP contribution in [0.5, 0.6) is 0 Å². The van der Waals surface area contributed by atoms with E-state index in [2.05, 4.69) is 9.32 Å². The van der Waals surface area contributed by atoms with Gasteiger partial charge in [-0.2, -0.15) is 8.42 Å². The maximum atomic E-state index is 11.3. The maximum Gasteiger partial charge on any atom is 0.333 e. The molecule has 1 aromatic carbocycles. The molecule has 0 amide bonds. The third-order valence-corrected chi connectivity index (χ3v) is 3.39. The molecule has 0 radical (unpaired) electrons. The lowest BCUT2D eigenvalue weighted by molar-refractivity contribution is 0.305. The van der Waals surface area contributed by atoms with Crippen LogP contribution in [0.4, 0.5) is 0 Å². The zero-order valence-corrected chi connectivity index (χ0v) is 10.1. The Kier molecular flexibility index (Phi) is 3.68. The van der Waals surface area contributed by atoms with Crippen molar-refractivity contribution in [3.8, 4) is 0 Å². The summed E-state index contributed by atoms with van der Waals surface area (Å²) in [6, 6.07) is 5.95. The van der Waals surface area contributed by atoms with Crippen LogP contribution in [0, 0.1) is 0 Å². The predicted molar refractivity (Wildman–Crippen MR) is 57.4 cm³/mol. The molecule has 0 heterocycles. The van der Waals surface area contributed by atoms with Crippen LogP contribution in [0.15, 0.2) is 29.2 Å². The van der Waals surface area contributed by atoms with E-state index in [0.29, 0.717) is 0 Å². The highest BCUT2D eigenvalue weighted by molar-refractivity contribution is 7.90. The van der Waals surface area contributed by atoms with Gasteiger partial charge in [-0.05, 0) is 11.6 Å². The molecule has 1 aromatic rings. The summed E-state index contributed by atoms with van der Waals surface area (Å²) in [4.78, 5) is 0.0265. The van der Waals surface area contributed by atoms with Gasteiger partial charge in [0.1, 0.15) is 0 Å². The van der Waals surface area contributed by atoms with Gasteiger partial charge in [0.2, 0.25) is 0 Å². The summed E-state index contributed by atoms with van der Waals surface area (Å²) in [6.45, 7) is -0.401. The van der Waals surface area contributed by atoms with Gasteiger partial charge in [0, 0.05) is 6.26 Å². The Bertz CT molecular complexity index is 576. The molecule has 0 atom stereocenters. The molecule has 6 nitrogen and oxygen atoms in total. The smallest absolute Gasteiger partial charge is 0.253 e. The molecule has 0 aliphatic heterocycles. The highest BCUT2D eigenvalue weighted by Crippen LogP contribution is 2.16. The van der Waals surface area contributed by atoms with Gasteiger partial charge in [0.15, 0.2) is 9.84 Å². The largest absolute Gasteiger partial charge is 0.333 e. The quantitative estimate of drug-likeness (QED) is 0.812. The Hall–Kier alpha value is -0.960. The van der Waals surface area contributed by atoms with Crippen LogP contribution < -0.4 is 5.14 Å². The molecule has 90 valence electrons. The van der Waals surface area contributed by atoms with Gasteiger partial charge >= 0.3 is 10.3 Å². The highest BCUT2D eigenvalue weighted by Gasteiger charge is 2.14. The first-order valence-electron chi connectivity index (χ1n) is 4.15. The minimum absolute atomic E-state index is 0.0265. The van der Waals surface area contributed by atoms with Gasteiger partial charge in [-0.1, -0.05) is 18.2 Å². The first-order valence-corrected chi connectivity index (χ1v) is 7.51. The fourth-order valence-electron chi connectivity index (χ4n) is 1.13. The molecule has 0 aliphatic carbocycles. The minimum atomic E-state index is -4.08. The Labute approximate surface area is 94.2 Å². The van der Waals surface area contributed by atoms with E-state index in [0.717, 1.165) is 6.26 Å². The second-order valence-electron chi connectivity index (χ2n) is 3.13. The number of rotatable bonds is 4. The van der Waals surface area contributed by atoms with Crippen molar-refractivity contribution >= 4 is 20.1 Å². The Morgan fingerprint density at radius 3 is 2.25 bits per heavy atom. The second kappa shape index (κ2) is 4.50. The Morgan fingerprint density at radius 1 is 1.19 bits per heavy atom.